The maximum atomic E-state index is 14.2. The van der Waals surface area contributed by atoms with E-state index < -0.39 is 11.4 Å². The average molecular weight is 723 g/mol. The highest BCUT2D eigenvalue weighted by Crippen LogP contribution is 2.78. The highest BCUT2D eigenvalue weighted by atomic mass is 16.5. The summed E-state index contributed by atoms with van der Waals surface area (Å²) in [4.78, 5) is 43.8. The van der Waals surface area contributed by atoms with Gasteiger partial charge in [0.2, 0.25) is 5.91 Å². The molecular weight excluding hydrogens is 649 g/mol. The first-order valence-electron chi connectivity index (χ1n) is 21.7. The molecule has 1 aliphatic heterocycles. The van der Waals surface area contributed by atoms with E-state index in [1.165, 1.54) is 64.2 Å². The minimum atomic E-state index is -0.873. The highest BCUT2D eigenvalue weighted by molar-refractivity contribution is 5.77. The summed E-state index contributed by atoms with van der Waals surface area (Å²) in [7, 11) is 0. The molecule has 7 heteroatoms. The van der Waals surface area contributed by atoms with Crippen molar-refractivity contribution in [2.75, 3.05) is 26.2 Å². The van der Waals surface area contributed by atoms with Crippen LogP contribution in [0.1, 0.15) is 159 Å². The van der Waals surface area contributed by atoms with Crippen LogP contribution in [0.15, 0.2) is 0 Å². The van der Waals surface area contributed by atoms with E-state index in [1.807, 2.05) is 13.8 Å². The minimum Gasteiger partial charge on any atom is -0.481 e. The van der Waals surface area contributed by atoms with Gasteiger partial charge >= 0.3 is 11.9 Å². The summed E-state index contributed by atoms with van der Waals surface area (Å²) in [5.41, 5.74) is 0.103. The van der Waals surface area contributed by atoms with Crippen molar-refractivity contribution in [1.82, 2.24) is 9.80 Å². The van der Waals surface area contributed by atoms with Crippen LogP contribution < -0.4 is 0 Å². The molecule has 1 amide bonds. The van der Waals surface area contributed by atoms with E-state index in [4.69, 9.17) is 4.74 Å². The van der Waals surface area contributed by atoms with Crippen molar-refractivity contribution < 1.29 is 24.2 Å². The van der Waals surface area contributed by atoms with Crippen molar-refractivity contribution in [3.05, 3.63) is 0 Å². The number of carbonyl (C=O) groups excluding carboxylic acids is 2. The number of carboxylic acids is 1. The zero-order chi connectivity index (χ0) is 37.6. The van der Waals surface area contributed by atoms with Gasteiger partial charge < -0.3 is 14.7 Å². The Bertz CT molecular complexity index is 1400. The molecule has 6 aliphatic carbocycles. The molecule has 1 N–H and O–H groups in total. The molecule has 7 fully saturated rings. The van der Waals surface area contributed by atoms with E-state index in [9.17, 15) is 19.5 Å². The van der Waals surface area contributed by atoms with Crippen LogP contribution in [0.25, 0.3) is 0 Å². The second-order valence-electron chi connectivity index (χ2n) is 22.1. The van der Waals surface area contributed by atoms with Crippen molar-refractivity contribution >= 4 is 17.8 Å². The molecule has 1 heterocycles. The first-order chi connectivity index (χ1) is 24.3. The number of aliphatic carboxylic acids is 1. The lowest BCUT2D eigenvalue weighted by molar-refractivity contribution is -0.252. The maximum absolute atomic E-state index is 14.2. The number of carboxylic acid groups (broad SMARTS) is 1. The van der Waals surface area contributed by atoms with Gasteiger partial charge in [0.05, 0.1) is 12.8 Å². The van der Waals surface area contributed by atoms with E-state index in [0.717, 1.165) is 51.5 Å². The molecule has 7 aliphatic rings. The summed E-state index contributed by atoms with van der Waals surface area (Å²) in [6.45, 7) is 25.3. The number of nitrogens with zero attached hydrogens (tertiary/aromatic N) is 2. The van der Waals surface area contributed by atoms with Crippen LogP contribution in [0.4, 0.5) is 0 Å². The van der Waals surface area contributed by atoms with Crippen LogP contribution in [0.2, 0.25) is 0 Å². The lowest BCUT2D eigenvalue weighted by atomic mass is 9.32. The molecule has 0 spiro atoms. The van der Waals surface area contributed by atoms with Crippen molar-refractivity contribution in [1.29, 1.82) is 0 Å². The Labute approximate surface area is 316 Å². The Morgan fingerprint density at radius 1 is 0.769 bits per heavy atom. The van der Waals surface area contributed by atoms with Crippen LogP contribution in [0.5, 0.6) is 0 Å². The molecule has 0 aromatic heterocycles. The van der Waals surface area contributed by atoms with Crippen molar-refractivity contribution in [3.63, 3.8) is 0 Å². The summed E-state index contributed by atoms with van der Waals surface area (Å²) in [6, 6.07) is 0.792. The van der Waals surface area contributed by atoms with Gasteiger partial charge in [-0.3, -0.25) is 19.3 Å². The summed E-state index contributed by atoms with van der Waals surface area (Å²) >= 11 is 0. The lowest BCUT2D eigenvalue weighted by Gasteiger charge is -2.73. The molecule has 0 aromatic rings. The molecule has 0 unspecified atom stereocenters. The van der Waals surface area contributed by atoms with Gasteiger partial charge in [-0.1, -0.05) is 62.3 Å². The Kier molecular flexibility index (Phi) is 9.84. The molecule has 0 radical (unpaired) electrons. The Hall–Kier alpha value is -1.63. The second-order valence-corrected chi connectivity index (χ2v) is 22.1. The fourth-order valence-corrected chi connectivity index (χ4v) is 15.3. The Morgan fingerprint density at radius 2 is 1.46 bits per heavy atom. The summed E-state index contributed by atoms with van der Waals surface area (Å²) in [5, 5.41) is 9.36. The standard InChI is InChI=1S/C45H74N2O5/c1-29(2)31-14-19-45(26-36(48)47-24-22-46(23-25-47)30-10-11-30)21-20-43(8)32(39(31)45)12-13-34-42(7)17-16-35(41(5,6)33(42)15-18-44(34,43)9)52-38(51)28-40(3,4)27-37(49)50/h29-35,39H,10-28H2,1-9H3,(H,49,50)/t31-,32+,33-,34+,35-,39+,42-,43+,44+,45+/m0/s1. The van der Waals surface area contributed by atoms with Crippen LogP contribution in [0, 0.1) is 68.0 Å². The molecule has 7 nitrogen and oxygen atoms in total. The zero-order valence-corrected chi connectivity index (χ0v) is 34.5. The Morgan fingerprint density at radius 3 is 2.10 bits per heavy atom. The van der Waals surface area contributed by atoms with Gasteiger partial charge in [-0.25, -0.2) is 0 Å². The lowest BCUT2D eigenvalue weighted by Crippen LogP contribution is -2.67. The summed E-state index contributed by atoms with van der Waals surface area (Å²) < 4.78 is 6.31. The number of fused-ring (bicyclic) bond motifs is 7. The average Bonchev–Trinajstić information content (AvgIpc) is 3.82. The zero-order valence-electron chi connectivity index (χ0n) is 34.5. The van der Waals surface area contributed by atoms with Gasteiger partial charge in [-0.2, -0.15) is 0 Å². The largest absolute Gasteiger partial charge is 0.481 e. The maximum Gasteiger partial charge on any atom is 0.306 e. The Balaban J connectivity index is 1.09. The topological polar surface area (TPSA) is 87.2 Å². The van der Waals surface area contributed by atoms with Crippen molar-refractivity contribution in [3.8, 4) is 0 Å². The van der Waals surface area contributed by atoms with E-state index in [0.29, 0.717) is 41.4 Å². The van der Waals surface area contributed by atoms with Crippen LogP contribution in [0.3, 0.4) is 0 Å². The number of rotatable bonds is 9. The number of hydrogen-bond donors (Lipinski definition) is 1. The molecule has 10 atom stereocenters. The van der Waals surface area contributed by atoms with E-state index in [2.05, 4.69) is 58.3 Å². The third-order valence-electron chi connectivity index (χ3n) is 18.2. The van der Waals surface area contributed by atoms with Gasteiger partial charge in [-0.05, 0) is 140 Å². The predicted molar refractivity (Wildman–Crippen MR) is 205 cm³/mol. The fourth-order valence-electron chi connectivity index (χ4n) is 15.3. The van der Waals surface area contributed by atoms with Gasteiger partial charge in [0.25, 0.3) is 0 Å². The SMILES string of the molecule is CC(C)[C@@H]1CC[C@]2(CC(=O)N3CCN(C4CC4)CC3)CC[C@]3(C)[C@H](CC[C@@H]4[C@@]5(C)CC[C@H](OC(=O)CC(C)(C)CC(=O)O)C(C)(C)[C@@H]5CC[C@]43C)[C@@H]12. The van der Waals surface area contributed by atoms with Gasteiger partial charge in [0.15, 0.2) is 0 Å². The number of hydrogen-bond acceptors (Lipinski definition) is 5. The van der Waals surface area contributed by atoms with Crippen molar-refractivity contribution in [2.45, 2.75) is 171 Å². The van der Waals surface area contributed by atoms with Gasteiger partial charge in [0, 0.05) is 44.1 Å². The monoisotopic (exact) mass is 723 g/mol. The molecule has 0 aromatic carbocycles. The smallest absolute Gasteiger partial charge is 0.306 e. The number of esters is 1. The first-order valence-corrected chi connectivity index (χ1v) is 21.7. The molecular formula is C45H74N2O5. The predicted octanol–water partition coefficient (Wildman–Crippen LogP) is 9.22. The van der Waals surface area contributed by atoms with Crippen LogP contribution >= 0.6 is 0 Å². The number of piperazine rings is 1. The van der Waals surface area contributed by atoms with E-state index in [-0.39, 0.29) is 52.0 Å². The van der Waals surface area contributed by atoms with E-state index >= 15 is 0 Å². The number of ether oxygens (including phenoxy) is 1. The molecule has 0 bridgehead atoms. The van der Waals surface area contributed by atoms with Crippen molar-refractivity contribution in [2.24, 2.45) is 68.0 Å². The van der Waals surface area contributed by atoms with Gasteiger partial charge in [-0.15, -0.1) is 0 Å². The third-order valence-corrected chi connectivity index (χ3v) is 18.2. The highest BCUT2D eigenvalue weighted by Gasteiger charge is 2.71. The normalized spacial score (nSPS) is 43.2. The number of amides is 1. The molecule has 6 saturated carbocycles. The molecule has 1 saturated heterocycles. The summed E-state index contributed by atoms with van der Waals surface area (Å²) in [6.07, 6.45) is 15.4. The second kappa shape index (κ2) is 13.2. The molecule has 52 heavy (non-hydrogen) atoms. The molecule has 7 rings (SSSR count). The third kappa shape index (κ3) is 6.29. The molecule has 294 valence electrons. The number of carbonyl (C=O) groups is 3. The summed E-state index contributed by atoms with van der Waals surface area (Å²) in [5.74, 6) is 3.13. The van der Waals surface area contributed by atoms with Crippen LogP contribution in [-0.2, 0) is 19.1 Å². The van der Waals surface area contributed by atoms with Crippen LogP contribution in [-0.4, -0.2) is 71.1 Å². The quantitative estimate of drug-likeness (QED) is 0.239. The van der Waals surface area contributed by atoms with Gasteiger partial charge in [0.1, 0.15) is 6.10 Å². The first kappa shape index (κ1) is 38.6. The fraction of sp³-hybridized carbons (Fsp3) is 0.933. The minimum absolute atomic E-state index is 0.0370. The van der Waals surface area contributed by atoms with E-state index in [1.54, 1.807) is 0 Å².